The second kappa shape index (κ2) is 6.02. The zero-order valence-electron chi connectivity index (χ0n) is 10.4. The minimum absolute atomic E-state index is 0.131. The van der Waals surface area contributed by atoms with Gasteiger partial charge in [0, 0.05) is 10.6 Å². The lowest BCUT2D eigenvalue weighted by Gasteiger charge is -1.98. The number of carbonyl (C=O) groups is 2. The van der Waals surface area contributed by atoms with Crippen LogP contribution in [0.15, 0.2) is 24.3 Å². The Kier molecular flexibility index (Phi) is 4.36. The van der Waals surface area contributed by atoms with Gasteiger partial charge in [-0.3, -0.25) is 0 Å². The van der Waals surface area contributed by atoms with E-state index in [0.29, 0.717) is 15.6 Å². The first-order chi connectivity index (χ1) is 9.52. The summed E-state index contributed by atoms with van der Waals surface area (Å²) in [5.74, 6) is -1.94. The topological polar surface area (TPSA) is 76.5 Å². The molecule has 0 amide bonds. The van der Waals surface area contributed by atoms with Gasteiger partial charge in [0.15, 0.2) is 5.69 Å². The Morgan fingerprint density at radius 1 is 1.35 bits per heavy atom. The van der Waals surface area contributed by atoms with Crippen molar-refractivity contribution in [1.82, 2.24) is 4.98 Å². The second-order valence-corrected chi connectivity index (χ2v) is 5.16. The zero-order valence-corrected chi connectivity index (χ0v) is 12.0. The lowest BCUT2D eigenvalue weighted by Crippen LogP contribution is -2.10. The monoisotopic (exact) mass is 311 g/mol. The Balaban J connectivity index is 2.46. The molecule has 0 radical (unpaired) electrons. The quantitative estimate of drug-likeness (QED) is 0.876. The number of aromatic nitrogens is 1. The van der Waals surface area contributed by atoms with Gasteiger partial charge in [-0.1, -0.05) is 23.7 Å². The third-order valence-corrected chi connectivity index (χ3v) is 3.73. The number of carboxylic acids is 1. The Hall–Kier alpha value is -1.92. The van der Waals surface area contributed by atoms with Crippen LogP contribution in [0.3, 0.4) is 0 Å². The number of benzene rings is 1. The summed E-state index contributed by atoms with van der Waals surface area (Å²) in [5.41, 5.74) is 0.520. The standard InChI is InChI=1S/C13H10ClNO4S/c1-2-19-13(18)9-10(12(16)17)20-11(15-9)7-3-5-8(14)6-4-7/h3-6H,2H2,1H3,(H,16,17). The summed E-state index contributed by atoms with van der Waals surface area (Å²) in [7, 11) is 0. The van der Waals surface area contributed by atoms with Crippen molar-refractivity contribution in [2.75, 3.05) is 6.61 Å². The third-order valence-electron chi connectivity index (χ3n) is 2.38. The van der Waals surface area contributed by atoms with E-state index >= 15 is 0 Å². The van der Waals surface area contributed by atoms with Crippen LogP contribution >= 0.6 is 22.9 Å². The number of nitrogens with zero attached hydrogens (tertiary/aromatic N) is 1. The van der Waals surface area contributed by atoms with Crippen LogP contribution in [-0.4, -0.2) is 28.6 Å². The summed E-state index contributed by atoms with van der Waals surface area (Å²) < 4.78 is 4.81. The van der Waals surface area contributed by atoms with Crippen molar-refractivity contribution in [3.05, 3.63) is 39.9 Å². The predicted molar refractivity (Wildman–Crippen MR) is 75.5 cm³/mol. The Morgan fingerprint density at radius 2 is 2.00 bits per heavy atom. The fourth-order valence-electron chi connectivity index (χ4n) is 1.52. The van der Waals surface area contributed by atoms with Crippen molar-refractivity contribution in [2.45, 2.75) is 6.92 Å². The summed E-state index contributed by atoms with van der Waals surface area (Å²) in [5, 5.41) is 10.1. The molecule has 1 aromatic heterocycles. The van der Waals surface area contributed by atoms with E-state index in [2.05, 4.69) is 4.98 Å². The number of hydrogen-bond donors (Lipinski definition) is 1. The van der Waals surface area contributed by atoms with Crippen LogP contribution in [0, 0.1) is 0 Å². The Labute approximate surface area is 123 Å². The van der Waals surface area contributed by atoms with Crippen LogP contribution in [0.2, 0.25) is 5.02 Å². The number of hydrogen-bond acceptors (Lipinski definition) is 5. The number of carboxylic acid groups (broad SMARTS) is 1. The zero-order chi connectivity index (χ0) is 14.7. The van der Waals surface area contributed by atoms with E-state index in [1.165, 1.54) is 0 Å². The number of ether oxygens (including phenoxy) is 1. The molecule has 7 heteroatoms. The van der Waals surface area contributed by atoms with Crippen LogP contribution in [0.25, 0.3) is 10.6 Å². The molecule has 0 bridgehead atoms. The Morgan fingerprint density at radius 3 is 2.55 bits per heavy atom. The van der Waals surface area contributed by atoms with Crippen LogP contribution in [0.5, 0.6) is 0 Å². The average molecular weight is 312 g/mol. The SMILES string of the molecule is CCOC(=O)c1nc(-c2ccc(Cl)cc2)sc1C(=O)O. The summed E-state index contributed by atoms with van der Waals surface area (Å²) in [6, 6.07) is 6.76. The molecule has 1 N–H and O–H groups in total. The molecule has 104 valence electrons. The van der Waals surface area contributed by atoms with Crippen LogP contribution < -0.4 is 0 Å². The molecular formula is C13H10ClNO4S. The molecule has 0 fully saturated rings. The molecule has 0 aliphatic heterocycles. The van der Waals surface area contributed by atoms with Crippen molar-refractivity contribution in [1.29, 1.82) is 0 Å². The third kappa shape index (κ3) is 2.97. The van der Waals surface area contributed by atoms with Crippen molar-refractivity contribution in [2.24, 2.45) is 0 Å². The van der Waals surface area contributed by atoms with Gasteiger partial charge in [0.05, 0.1) is 6.61 Å². The number of rotatable bonds is 4. The van der Waals surface area contributed by atoms with Gasteiger partial charge in [-0.25, -0.2) is 14.6 Å². The number of halogens is 1. The molecule has 0 aliphatic carbocycles. The van der Waals surface area contributed by atoms with E-state index in [4.69, 9.17) is 21.4 Å². The fraction of sp³-hybridized carbons (Fsp3) is 0.154. The highest BCUT2D eigenvalue weighted by molar-refractivity contribution is 7.17. The maximum absolute atomic E-state index is 11.7. The number of esters is 1. The van der Waals surface area contributed by atoms with Gasteiger partial charge in [-0.15, -0.1) is 11.3 Å². The molecular weight excluding hydrogens is 302 g/mol. The average Bonchev–Trinajstić information content (AvgIpc) is 2.85. The van der Waals surface area contributed by atoms with E-state index in [1.807, 2.05) is 0 Å². The predicted octanol–water partition coefficient (Wildman–Crippen LogP) is 3.34. The molecule has 2 rings (SSSR count). The van der Waals surface area contributed by atoms with Crippen molar-refractivity contribution in [3.8, 4) is 10.6 Å². The van der Waals surface area contributed by atoms with Gasteiger partial charge < -0.3 is 9.84 Å². The van der Waals surface area contributed by atoms with Gasteiger partial charge in [0.25, 0.3) is 0 Å². The van der Waals surface area contributed by atoms with Crippen LogP contribution in [0.4, 0.5) is 0 Å². The lowest BCUT2D eigenvalue weighted by molar-refractivity contribution is 0.0509. The van der Waals surface area contributed by atoms with Gasteiger partial charge >= 0.3 is 11.9 Å². The molecule has 0 atom stereocenters. The maximum Gasteiger partial charge on any atom is 0.358 e. The summed E-state index contributed by atoms with van der Waals surface area (Å²) in [6.45, 7) is 1.80. The van der Waals surface area contributed by atoms with Crippen molar-refractivity contribution >= 4 is 34.9 Å². The maximum atomic E-state index is 11.7. The molecule has 1 aromatic carbocycles. The number of carbonyl (C=O) groups excluding carboxylic acids is 1. The normalized spacial score (nSPS) is 10.3. The van der Waals surface area contributed by atoms with Gasteiger partial charge in [0.1, 0.15) is 9.88 Å². The molecule has 0 saturated heterocycles. The second-order valence-electron chi connectivity index (χ2n) is 3.73. The van der Waals surface area contributed by atoms with E-state index in [0.717, 1.165) is 11.3 Å². The van der Waals surface area contributed by atoms with Gasteiger partial charge in [0.2, 0.25) is 0 Å². The molecule has 5 nitrogen and oxygen atoms in total. The molecule has 0 spiro atoms. The van der Waals surface area contributed by atoms with E-state index in [1.54, 1.807) is 31.2 Å². The highest BCUT2D eigenvalue weighted by Gasteiger charge is 2.24. The summed E-state index contributed by atoms with van der Waals surface area (Å²) in [4.78, 5) is 26.8. The molecule has 0 unspecified atom stereocenters. The Bertz CT molecular complexity index is 651. The van der Waals surface area contributed by atoms with E-state index in [9.17, 15) is 9.59 Å². The molecule has 1 heterocycles. The molecule has 20 heavy (non-hydrogen) atoms. The van der Waals surface area contributed by atoms with Crippen LogP contribution in [-0.2, 0) is 4.74 Å². The molecule has 0 aliphatic rings. The van der Waals surface area contributed by atoms with E-state index in [-0.39, 0.29) is 17.2 Å². The first-order valence-electron chi connectivity index (χ1n) is 5.70. The van der Waals surface area contributed by atoms with Crippen molar-refractivity contribution < 1.29 is 19.4 Å². The number of thiazole rings is 1. The highest BCUT2D eigenvalue weighted by atomic mass is 35.5. The summed E-state index contributed by atoms with van der Waals surface area (Å²) in [6.07, 6.45) is 0. The highest BCUT2D eigenvalue weighted by Crippen LogP contribution is 2.29. The van der Waals surface area contributed by atoms with E-state index < -0.39 is 11.9 Å². The van der Waals surface area contributed by atoms with Gasteiger partial charge in [-0.2, -0.15) is 0 Å². The van der Waals surface area contributed by atoms with Crippen LogP contribution in [0.1, 0.15) is 27.1 Å². The molecule has 2 aromatic rings. The largest absolute Gasteiger partial charge is 0.477 e. The first-order valence-corrected chi connectivity index (χ1v) is 6.89. The van der Waals surface area contributed by atoms with Gasteiger partial charge in [-0.05, 0) is 19.1 Å². The number of aromatic carboxylic acids is 1. The van der Waals surface area contributed by atoms with Crippen molar-refractivity contribution in [3.63, 3.8) is 0 Å². The smallest absolute Gasteiger partial charge is 0.358 e. The lowest BCUT2D eigenvalue weighted by atomic mass is 10.2. The minimum atomic E-state index is -1.20. The minimum Gasteiger partial charge on any atom is -0.477 e. The molecule has 0 saturated carbocycles. The summed E-state index contributed by atoms with van der Waals surface area (Å²) >= 11 is 6.72. The first kappa shape index (κ1) is 14.5. The fourth-order valence-corrected chi connectivity index (χ4v) is 2.54.